The molecule has 1 N–H and O–H groups in total. The summed E-state index contributed by atoms with van der Waals surface area (Å²) < 4.78 is 0. The van der Waals surface area contributed by atoms with Crippen molar-refractivity contribution in [2.75, 3.05) is 0 Å². The molecule has 0 amide bonds. The molecule has 0 aromatic carbocycles. The number of nitrogens with zero attached hydrogens (tertiary/aromatic N) is 1. The number of rotatable bonds is 3. The molecule has 0 fully saturated rings. The molecule has 0 aliphatic heterocycles. The molecule has 1 rings (SSSR count). The summed E-state index contributed by atoms with van der Waals surface area (Å²) in [6.45, 7) is 13.0. The second-order valence-electron chi connectivity index (χ2n) is 7.31. The monoisotopic (exact) mass is 249 g/mol. The molecular formula is C16H27NO. The minimum atomic E-state index is -0.452. The molecule has 2 heteroatoms. The lowest BCUT2D eigenvalue weighted by Crippen LogP contribution is -2.16. The van der Waals surface area contributed by atoms with E-state index in [2.05, 4.69) is 46.5 Å². The van der Waals surface area contributed by atoms with Crippen molar-refractivity contribution in [1.82, 2.24) is 4.98 Å². The lowest BCUT2D eigenvalue weighted by atomic mass is 9.88. The van der Waals surface area contributed by atoms with Crippen LogP contribution in [0.3, 0.4) is 0 Å². The van der Waals surface area contributed by atoms with Crippen LogP contribution in [0.5, 0.6) is 0 Å². The van der Waals surface area contributed by atoms with Crippen molar-refractivity contribution >= 4 is 0 Å². The Morgan fingerprint density at radius 2 is 1.72 bits per heavy atom. The van der Waals surface area contributed by atoms with Gasteiger partial charge in [0.15, 0.2) is 0 Å². The van der Waals surface area contributed by atoms with E-state index < -0.39 is 6.10 Å². The summed E-state index contributed by atoms with van der Waals surface area (Å²) in [7, 11) is 0. The molecule has 2 nitrogen and oxygen atoms in total. The maximum absolute atomic E-state index is 10.2. The molecule has 1 aromatic heterocycles. The van der Waals surface area contributed by atoms with Crippen molar-refractivity contribution in [2.24, 2.45) is 5.41 Å². The van der Waals surface area contributed by atoms with Gasteiger partial charge >= 0.3 is 0 Å². The van der Waals surface area contributed by atoms with Crippen LogP contribution in [0.4, 0.5) is 0 Å². The van der Waals surface area contributed by atoms with Crippen LogP contribution in [0.25, 0.3) is 0 Å². The largest absolute Gasteiger partial charge is 0.387 e. The second kappa shape index (κ2) is 5.40. The summed E-state index contributed by atoms with van der Waals surface area (Å²) in [5.41, 5.74) is 2.11. The van der Waals surface area contributed by atoms with Crippen LogP contribution >= 0.6 is 0 Å². The van der Waals surface area contributed by atoms with Gasteiger partial charge in [-0.05, 0) is 30.4 Å². The SMILES string of the molecule is CC(C)(C)CC[C@H](O)c1cccc(C(C)(C)C)n1. The lowest BCUT2D eigenvalue weighted by Gasteiger charge is -2.22. The maximum atomic E-state index is 10.2. The number of hydrogen-bond donors (Lipinski definition) is 1. The molecule has 0 aliphatic rings. The van der Waals surface area contributed by atoms with E-state index in [1.54, 1.807) is 0 Å². The molecule has 1 atom stereocenters. The van der Waals surface area contributed by atoms with Gasteiger partial charge in [-0.2, -0.15) is 0 Å². The van der Waals surface area contributed by atoms with Gasteiger partial charge in [-0.25, -0.2) is 0 Å². The van der Waals surface area contributed by atoms with Crippen molar-refractivity contribution in [3.05, 3.63) is 29.6 Å². The molecular weight excluding hydrogens is 222 g/mol. The zero-order valence-electron chi connectivity index (χ0n) is 12.6. The molecule has 0 saturated heterocycles. The predicted octanol–water partition coefficient (Wildman–Crippen LogP) is 4.24. The summed E-state index contributed by atoms with van der Waals surface area (Å²) in [5.74, 6) is 0. The number of aromatic nitrogens is 1. The molecule has 102 valence electrons. The molecule has 0 unspecified atom stereocenters. The Morgan fingerprint density at radius 1 is 1.11 bits per heavy atom. The van der Waals surface area contributed by atoms with Crippen LogP contribution in [0, 0.1) is 5.41 Å². The Morgan fingerprint density at radius 3 is 2.22 bits per heavy atom. The fourth-order valence-electron chi connectivity index (χ4n) is 1.77. The lowest BCUT2D eigenvalue weighted by molar-refractivity contribution is 0.143. The number of hydrogen-bond acceptors (Lipinski definition) is 2. The van der Waals surface area contributed by atoms with Gasteiger partial charge in [0.25, 0.3) is 0 Å². The number of aliphatic hydroxyl groups is 1. The summed E-state index contributed by atoms with van der Waals surface area (Å²) in [6, 6.07) is 5.94. The summed E-state index contributed by atoms with van der Waals surface area (Å²) in [5, 5.41) is 10.2. The average molecular weight is 249 g/mol. The normalized spacial score (nSPS) is 14.6. The van der Waals surface area contributed by atoms with Gasteiger partial charge in [0.1, 0.15) is 0 Å². The smallest absolute Gasteiger partial charge is 0.0960 e. The molecule has 1 heterocycles. The van der Waals surface area contributed by atoms with Crippen molar-refractivity contribution in [2.45, 2.75) is 65.9 Å². The zero-order chi connectivity index (χ0) is 14.0. The predicted molar refractivity (Wildman–Crippen MR) is 76.6 cm³/mol. The quantitative estimate of drug-likeness (QED) is 0.869. The van der Waals surface area contributed by atoms with Crippen molar-refractivity contribution < 1.29 is 5.11 Å². The molecule has 0 radical (unpaired) electrons. The van der Waals surface area contributed by atoms with Crippen LogP contribution in [0.2, 0.25) is 0 Å². The van der Waals surface area contributed by atoms with Gasteiger partial charge in [0.2, 0.25) is 0 Å². The van der Waals surface area contributed by atoms with Gasteiger partial charge in [-0.1, -0.05) is 47.6 Å². The first-order chi connectivity index (χ1) is 8.09. The Hall–Kier alpha value is -0.890. The van der Waals surface area contributed by atoms with E-state index in [1.165, 1.54) is 0 Å². The third kappa shape index (κ3) is 4.77. The van der Waals surface area contributed by atoms with Crippen LogP contribution in [-0.4, -0.2) is 10.1 Å². The van der Waals surface area contributed by atoms with Crippen molar-refractivity contribution in [3.8, 4) is 0 Å². The van der Waals surface area contributed by atoms with Crippen molar-refractivity contribution in [3.63, 3.8) is 0 Å². The first-order valence-electron chi connectivity index (χ1n) is 6.75. The van der Waals surface area contributed by atoms with E-state index in [4.69, 9.17) is 0 Å². The van der Waals surface area contributed by atoms with E-state index in [-0.39, 0.29) is 10.8 Å². The summed E-state index contributed by atoms with van der Waals surface area (Å²) in [6.07, 6.45) is 1.31. The Kier molecular flexibility index (Phi) is 4.55. The van der Waals surface area contributed by atoms with E-state index in [0.717, 1.165) is 24.2 Å². The van der Waals surface area contributed by atoms with Gasteiger partial charge in [-0.15, -0.1) is 0 Å². The highest BCUT2D eigenvalue weighted by Crippen LogP contribution is 2.28. The van der Waals surface area contributed by atoms with Gasteiger partial charge in [0, 0.05) is 11.1 Å². The van der Waals surface area contributed by atoms with E-state index in [0.29, 0.717) is 0 Å². The van der Waals surface area contributed by atoms with E-state index in [1.807, 2.05) is 18.2 Å². The second-order valence-corrected chi connectivity index (χ2v) is 7.31. The van der Waals surface area contributed by atoms with E-state index >= 15 is 0 Å². The van der Waals surface area contributed by atoms with Crippen LogP contribution < -0.4 is 0 Å². The minimum absolute atomic E-state index is 0.0275. The van der Waals surface area contributed by atoms with Gasteiger partial charge < -0.3 is 5.11 Å². The minimum Gasteiger partial charge on any atom is -0.387 e. The Bertz CT molecular complexity index is 385. The zero-order valence-corrected chi connectivity index (χ0v) is 12.6. The molecule has 0 saturated carbocycles. The van der Waals surface area contributed by atoms with Crippen LogP contribution in [0.1, 0.15) is 71.9 Å². The van der Waals surface area contributed by atoms with Crippen LogP contribution in [-0.2, 0) is 5.41 Å². The maximum Gasteiger partial charge on any atom is 0.0960 e. The standard InChI is InChI=1S/C16H27NO/c1-15(2,3)11-10-13(18)12-8-7-9-14(17-12)16(4,5)6/h7-9,13,18H,10-11H2,1-6H3/t13-/m0/s1. The highest BCUT2D eigenvalue weighted by Gasteiger charge is 2.19. The third-order valence-electron chi connectivity index (χ3n) is 3.05. The van der Waals surface area contributed by atoms with Gasteiger partial charge in [-0.3, -0.25) is 4.98 Å². The Labute approximate surface area is 111 Å². The summed E-state index contributed by atoms with van der Waals surface area (Å²) >= 11 is 0. The molecule has 1 aromatic rings. The summed E-state index contributed by atoms with van der Waals surface area (Å²) in [4.78, 5) is 4.59. The van der Waals surface area contributed by atoms with Crippen LogP contribution in [0.15, 0.2) is 18.2 Å². The molecule has 0 aliphatic carbocycles. The first-order valence-corrected chi connectivity index (χ1v) is 6.75. The molecule has 0 spiro atoms. The number of pyridine rings is 1. The van der Waals surface area contributed by atoms with Gasteiger partial charge in [0.05, 0.1) is 11.8 Å². The molecule has 0 bridgehead atoms. The topological polar surface area (TPSA) is 33.1 Å². The fraction of sp³-hybridized carbons (Fsp3) is 0.688. The first kappa shape index (κ1) is 15.2. The molecule has 18 heavy (non-hydrogen) atoms. The third-order valence-corrected chi connectivity index (χ3v) is 3.05. The average Bonchev–Trinajstić information content (AvgIpc) is 2.24. The highest BCUT2D eigenvalue weighted by atomic mass is 16.3. The van der Waals surface area contributed by atoms with E-state index in [9.17, 15) is 5.11 Å². The Balaban J connectivity index is 2.78. The number of aliphatic hydroxyl groups excluding tert-OH is 1. The van der Waals surface area contributed by atoms with Crippen molar-refractivity contribution in [1.29, 1.82) is 0 Å². The highest BCUT2D eigenvalue weighted by molar-refractivity contribution is 5.18. The fourth-order valence-corrected chi connectivity index (χ4v) is 1.77.